The normalized spacial score (nSPS) is 23.2. The Morgan fingerprint density at radius 2 is 1.88 bits per heavy atom. The predicted octanol–water partition coefficient (Wildman–Crippen LogP) is 1.15. The highest BCUT2D eigenvalue weighted by molar-refractivity contribution is 8.02. The summed E-state index contributed by atoms with van der Waals surface area (Å²) in [5, 5.41) is 2.76. The Kier molecular flexibility index (Phi) is 4.92. The molecule has 1 aromatic carbocycles. The Balaban J connectivity index is 1.54. The molecule has 0 aromatic heterocycles. The maximum atomic E-state index is 12.8. The number of rotatable bonds is 3. The highest BCUT2D eigenvalue weighted by atomic mass is 32.2. The van der Waals surface area contributed by atoms with E-state index in [1.807, 2.05) is 42.1 Å². The van der Waals surface area contributed by atoms with E-state index in [4.69, 9.17) is 0 Å². The van der Waals surface area contributed by atoms with Gasteiger partial charge in [0.2, 0.25) is 0 Å². The summed E-state index contributed by atoms with van der Waals surface area (Å²) in [6.45, 7) is 1.58. The van der Waals surface area contributed by atoms with E-state index in [0.29, 0.717) is 23.7 Å². The SMILES string of the molecule is O=C(C1=C2NC(=O)N(Cc3ccccc3)C(=O)C2NS1)N1CCSCC1. The van der Waals surface area contributed by atoms with Gasteiger partial charge in [0.05, 0.1) is 12.2 Å². The van der Waals surface area contributed by atoms with Gasteiger partial charge in [-0.3, -0.25) is 14.5 Å². The van der Waals surface area contributed by atoms with Gasteiger partial charge < -0.3 is 10.2 Å². The quantitative estimate of drug-likeness (QED) is 0.754. The summed E-state index contributed by atoms with van der Waals surface area (Å²) in [4.78, 5) is 41.4. The summed E-state index contributed by atoms with van der Waals surface area (Å²) in [7, 11) is 0. The van der Waals surface area contributed by atoms with Gasteiger partial charge in [0.15, 0.2) is 0 Å². The molecule has 0 spiro atoms. The molecule has 0 saturated carbocycles. The lowest BCUT2D eigenvalue weighted by Crippen LogP contribution is -2.57. The Labute approximate surface area is 159 Å². The third kappa shape index (κ3) is 3.22. The average molecular weight is 390 g/mol. The number of carbonyl (C=O) groups excluding carboxylic acids is 3. The highest BCUT2D eigenvalue weighted by Gasteiger charge is 2.44. The maximum Gasteiger partial charge on any atom is 0.328 e. The van der Waals surface area contributed by atoms with Crippen LogP contribution in [0.1, 0.15) is 5.56 Å². The lowest BCUT2D eigenvalue weighted by atomic mass is 10.1. The zero-order valence-electron chi connectivity index (χ0n) is 13.9. The minimum absolute atomic E-state index is 0.120. The Hall–Kier alpha value is -1.97. The van der Waals surface area contributed by atoms with Gasteiger partial charge in [-0.1, -0.05) is 30.3 Å². The average Bonchev–Trinajstić information content (AvgIpc) is 3.10. The molecule has 3 heterocycles. The van der Waals surface area contributed by atoms with Gasteiger partial charge in [-0.15, -0.1) is 0 Å². The van der Waals surface area contributed by atoms with Crippen molar-refractivity contribution in [3.05, 3.63) is 46.5 Å². The van der Waals surface area contributed by atoms with Gasteiger partial charge in [0, 0.05) is 24.6 Å². The summed E-state index contributed by atoms with van der Waals surface area (Å²) in [5.74, 6) is 1.36. The lowest BCUT2D eigenvalue weighted by Gasteiger charge is -2.31. The molecular weight excluding hydrogens is 372 g/mol. The number of benzene rings is 1. The molecule has 2 fully saturated rings. The number of thioether (sulfide) groups is 1. The molecule has 0 radical (unpaired) electrons. The van der Waals surface area contributed by atoms with Crippen LogP contribution in [0.25, 0.3) is 0 Å². The molecule has 1 unspecified atom stereocenters. The highest BCUT2D eigenvalue weighted by Crippen LogP contribution is 2.32. The van der Waals surface area contributed by atoms with Crippen molar-refractivity contribution in [1.82, 2.24) is 19.8 Å². The van der Waals surface area contributed by atoms with Gasteiger partial charge in [0.1, 0.15) is 10.9 Å². The summed E-state index contributed by atoms with van der Waals surface area (Å²) < 4.78 is 3.00. The number of urea groups is 1. The van der Waals surface area contributed by atoms with Crippen LogP contribution in [0.5, 0.6) is 0 Å². The van der Waals surface area contributed by atoms with E-state index in [-0.39, 0.29) is 18.4 Å². The first-order valence-electron chi connectivity index (χ1n) is 8.35. The number of imide groups is 1. The standard InChI is InChI=1S/C17H18N4O3S2/c22-15-13-12(14(26-19-13)16(23)20-6-8-25-9-7-20)18-17(24)21(15)10-11-4-2-1-3-5-11/h1-5,13,19H,6-10H2,(H,18,24). The molecule has 9 heteroatoms. The van der Waals surface area contributed by atoms with Crippen LogP contribution >= 0.6 is 23.7 Å². The zero-order valence-corrected chi connectivity index (χ0v) is 15.6. The van der Waals surface area contributed by atoms with Crippen LogP contribution in [0.4, 0.5) is 4.79 Å². The summed E-state index contributed by atoms with van der Waals surface area (Å²) in [6, 6.07) is 8.16. The first-order chi connectivity index (χ1) is 12.6. The molecule has 7 nitrogen and oxygen atoms in total. The van der Waals surface area contributed by atoms with Crippen molar-refractivity contribution in [3.63, 3.8) is 0 Å². The molecule has 3 aliphatic heterocycles. The number of hydrogen-bond donors (Lipinski definition) is 2. The van der Waals surface area contributed by atoms with Crippen molar-refractivity contribution in [2.75, 3.05) is 24.6 Å². The summed E-state index contributed by atoms with van der Waals surface area (Å²) in [6.07, 6.45) is 0. The fraction of sp³-hybridized carbons (Fsp3) is 0.353. The van der Waals surface area contributed by atoms with E-state index < -0.39 is 12.1 Å². The molecule has 0 bridgehead atoms. The van der Waals surface area contributed by atoms with E-state index in [2.05, 4.69) is 10.0 Å². The molecule has 4 amide bonds. The summed E-state index contributed by atoms with van der Waals surface area (Å²) in [5.41, 5.74) is 1.26. The molecule has 0 aliphatic carbocycles. The van der Waals surface area contributed by atoms with E-state index in [9.17, 15) is 14.4 Å². The smallest absolute Gasteiger partial charge is 0.328 e. The number of amides is 4. The number of carbonyl (C=O) groups is 3. The van der Waals surface area contributed by atoms with Crippen molar-refractivity contribution in [1.29, 1.82) is 0 Å². The number of fused-ring (bicyclic) bond motifs is 1. The van der Waals surface area contributed by atoms with E-state index in [1.165, 1.54) is 4.90 Å². The van der Waals surface area contributed by atoms with Gasteiger partial charge in [-0.25, -0.2) is 9.52 Å². The fourth-order valence-corrected chi connectivity index (χ4v) is 4.94. The molecule has 1 atom stereocenters. The second-order valence-corrected chi connectivity index (χ2v) is 8.21. The molecule has 26 heavy (non-hydrogen) atoms. The molecule has 3 aliphatic rings. The Bertz CT molecular complexity index is 777. The predicted molar refractivity (Wildman–Crippen MR) is 101 cm³/mol. The van der Waals surface area contributed by atoms with Crippen LogP contribution in [-0.4, -0.2) is 58.3 Å². The van der Waals surface area contributed by atoms with Crippen LogP contribution in [0.15, 0.2) is 40.9 Å². The van der Waals surface area contributed by atoms with Crippen LogP contribution in [0.2, 0.25) is 0 Å². The van der Waals surface area contributed by atoms with Crippen LogP contribution in [0, 0.1) is 0 Å². The molecule has 136 valence electrons. The first-order valence-corrected chi connectivity index (χ1v) is 10.3. The minimum atomic E-state index is -0.695. The number of hydrogen-bond acceptors (Lipinski definition) is 6. The third-order valence-corrected chi connectivity index (χ3v) is 6.38. The van der Waals surface area contributed by atoms with E-state index >= 15 is 0 Å². The Morgan fingerprint density at radius 1 is 1.15 bits per heavy atom. The van der Waals surface area contributed by atoms with Crippen molar-refractivity contribution in [3.8, 4) is 0 Å². The van der Waals surface area contributed by atoms with Crippen molar-refractivity contribution < 1.29 is 14.4 Å². The lowest BCUT2D eigenvalue weighted by molar-refractivity contribution is -0.130. The van der Waals surface area contributed by atoms with Gasteiger partial charge in [-0.05, 0) is 17.5 Å². The molecule has 2 saturated heterocycles. The van der Waals surface area contributed by atoms with Crippen molar-refractivity contribution in [2.24, 2.45) is 0 Å². The summed E-state index contributed by atoms with van der Waals surface area (Å²) >= 11 is 2.95. The first kappa shape index (κ1) is 17.4. The zero-order chi connectivity index (χ0) is 18.1. The molecular formula is C17H18N4O3S2. The Morgan fingerprint density at radius 3 is 2.62 bits per heavy atom. The minimum Gasteiger partial charge on any atom is -0.336 e. The second kappa shape index (κ2) is 7.34. The monoisotopic (exact) mass is 390 g/mol. The van der Waals surface area contributed by atoms with Gasteiger partial charge in [-0.2, -0.15) is 11.8 Å². The largest absolute Gasteiger partial charge is 0.336 e. The van der Waals surface area contributed by atoms with Crippen LogP contribution in [0.3, 0.4) is 0 Å². The van der Waals surface area contributed by atoms with Gasteiger partial charge >= 0.3 is 6.03 Å². The second-order valence-electron chi connectivity index (χ2n) is 6.14. The third-order valence-electron chi connectivity index (χ3n) is 4.49. The van der Waals surface area contributed by atoms with E-state index in [1.54, 1.807) is 4.90 Å². The van der Waals surface area contributed by atoms with Crippen LogP contribution < -0.4 is 10.0 Å². The van der Waals surface area contributed by atoms with E-state index in [0.717, 1.165) is 29.0 Å². The molecule has 4 rings (SSSR count). The van der Waals surface area contributed by atoms with Gasteiger partial charge in [0.25, 0.3) is 11.8 Å². The number of nitrogens with zero attached hydrogens (tertiary/aromatic N) is 2. The maximum absolute atomic E-state index is 12.8. The molecule has 2 N–H and O–H groups in total. The van der Waals surface area contributed by atoms with Crippen molar-refractivity contribution in [2.45, 2.75) is 12.6 Å². The fourth-order valence-electron chi connectivity index (χ4n) is 3.09. The number of nitrogens with one attached hydrogen (secondary N) is 2. The van der Waals surface area contributed by atoms with Crippen molar-refractivity contribution >= 4 is 41.6 Å². The topological polar surface area (TPSA) is 81.8 Å². The molecule has 1 aromatic rings. The van der Waals surface area contributed by atoms with Crippen LogP contribution in [-0.2, 0) is 16.1 Å².